The molecule has 7 heteroatoms. The van der Waals surface area contributed by atoms with E-state index in [-0.39, 0.29) is 23.6 Å². The van der Waals surface area contributed by atoms with E-state index in [0.717, 1.165) is 36.6 Å². The summed E-state index contributed by atoms with van der Waals surface area (Å²) >= 11 is 0. The minimum atomic E-state index is -1.02. The van der Waals surface area contributed by atoms with Gasteiger partial charge in [-0.25, -0.2) is 0 Å². The Kier molecular flexibility index (Phi) is 3.76. The summed E-state index contributed by atoms with van der Waals surface area (Å²) in [4.78, 5) is 30.1. The molecule has 0 radical (unpaired) electrons. The fraction of sp³-hybridized carbons (Fsp3) is 0.615. The second-order valence-electron chi connectivity index (χ2n) is 11.1. The third-order valence-electron chi connectivity index (χ3n) is 9.70. The van der Waals surface area contributed by atoms with Gasteiger partial charge in [-0.15, -0.1) is 0 Å². The van der Waals surface area contributed by atoms with Crippen LogP contribution in [0.1, 0.15) is 57.1 Å². The van der Waals surface area contributed by atoms with Crippen LogP contribution in [-0.2, 0) is 21.4 Å². The first-order valence-electron chi connectivity index (χ1n) is 12.3. The largest absolute Gasteiger partial charge is 0.504 e. The minimum absolute atomic E-state index is 0.0199. The standard InChI is InChI=1S/C26H30N2O5/c1-13-14(2)24(31)28(23(13)30)17-7-8-26(32)19-11-16-5-6-18(29)21-20(16)25(26,22(17)33-21)9-10-27(19)12-15-3-4-15/h5-6,15,17,19,22,29,32H,3-4,7-12H2,1-2H3/t17-,19-,22-,25-,26+/m0/s1. The number of rotatable bonds is 3. The molecule has 174 valence electrons. The summed E-state index contributed by atoms with van der Waals surface area (Å²) in [6.07, 6.45) is 4.40. The summed E-state index contributed by atoms with van der Waals surface area (Å²) in [6.45, 7) is 5.27. The highest BCUT2D eigenvalue weighted by Gasteiger charge is 2.74. The summed E-state index contributed by atoms with van der Waals surface area (Å²) in [5, 5.41) is 23.2. The Bertz CT molecular complexity index is 1130. The highest BCUT2D eigenvalue weighted by atomic mass is 16.5. The molecule has 2 N–H and O–H groups in total. The van der Waals surface area contributed by atoms with Gasteiger partial charge in [0, 0.05) is 29.3 Å². The number of hydrogen-bond acceptors (Lipinski definition) is 6. The van der Waals surface area contributed by atoms with Gasteiger partial charge in [-0.2, -0.15) is 0 Å². The molecule has 0 unspecified atom stereocenters. The van der Waals surface area contributed by atoms with Gasteiger partial charge in [0.25, 0.3) is 11.8 Å². The monoisotopic (exact) mass is 450 g/mol. The normalized spacial score (nSPS) is 39.2. The van der Waals surface area contributed by atoms with Gasteiger partial charge in [-0.1, -0.05) is 6.07 Å². The van der Waals surface area contributed by atoms with Crippen LogP contribution >= 0.6 is 0 Å². The van der Waals surface area contributed by atoms with E-state index in [1.165, 1.54) is 17.7 Å². The van der Waals surface area contributed by atoms with Crippen molar-refractivity contribution in [2.24, 2.45) is 5.92 Å². The molecule has 2 amide bonds. The number of carbonyl (C=O) groups excluding carboxylic acids is 2. The van der Waals surface area contributed by atoms with Crippen LogP contribution in [0.15, 0.2) is 23.3 Å². The number of hydrogen-bond donors (Lipinski definition) is 2. The van der Waals surface area contributed by atoms with Gasteiger partial charge < -0.3 is 14.9 Å². The topological polar surface area (TPSA) is 90.3 Å². The fourth-order valence-electron chi connectivity index (χ4n) is 7.80. The molecule has 2 bridgehead atoms. The molecule has 3 heterocycles. The molecule has 1 aromatic rings. The SMILES string of the molecule is CC1=C(C)C(=O)N([C@H]2CC[C@@]3(O)[C@@H]4Cc5ccc(O)c6c5[C@@]3(CCN4CC3CC3)[C@H]2O6)C1=O. The summed E-state index contributed by atoms with van der Waals surface area (Å²) in [5.41, 5.74) is 1.26. The number of piperidine rings is 1. The first kappa shape index (κ1) is 20.0. The van der Waals surface area contributed by atoms with Gasteiger partial charge in [0.05, 0.1) is 17.1 Å². The maximum absolute atomic E-state index is 13.1. The molecule has 3 aliphatic heterocycles. The zero-order chi connectivity index (χ0) is 22.9. The number of aliphatic hydroxyl groups is 1. The fourth-order valence-corrected chi connectivity index (χ4v) is 7.80. The van der Waals surface area contributed by atoms with Crippen LogP contribution in [0.5, 0.6) is 11.5 Å². The number of amides is 2. The summed E-state index contributed by atoms with van der Waals surface area (Å²) in [5.74, 6) is 0.724. The number of benzene rings is 1. The second-order valence-corrected chi connectivity index (χ2v) is 11.1. The molecular formula is C26H30N2O5. The lowest BCUT2D eigenvalue weighted by Gasteiger charge is -2.64. The van der Waals surface area contributed by atoms with Gasteiger partial charge in [-0.05, 0) is 76.5 Å². The molecule has 2 saturated carbocycles. The lowest BCUT2D eigenvalue weighted by atomic mass is 9.48. The van der Waals surface area contributed by atoms with E-state index in [1.54, 1.807) is 19.9 Å². The van der Waals surface area contributed by atoms with Crippen molar-refractivity contribution in [2.45, 2.75) is 81.6 Å². The Morgan fingerprint density at radius 1 is 1.09 bits per heavy atom. The Labute approximate surface area is 193 Å². The van der Waals surface area contributed by atoms with Crippen molar-refractivity contribution >= 4 is 11.8 Å². The van der Waals surface area contributed by atoms with E-state index in [4.69, 9.17) is 4.74 Å². The highest BCUT2D eigenvalue weighted by molar-refractivity contribution is 6.19. The molecule has 1 aromatic carbocycles. The van der Waals surface area contributed by atoms with Crippen LogP contribution in [0.4, 0.5) is 0 Å². The van der Waals surface area contributed by atoms with Crippen LogP contribution in [0.25, 0.3) is 0 Å². The van der Waals surface area contributed by atoms with E-state index in [0.29, 0.717) is 36.2 Å². The lowest BCUT2D eigenvalue weighted by Crippen LogP contribution is -2.78. The number of carbonyl (C=O) groups is 2. The Morgan fingerprint density at radius 2 is 1.82 bits per heavy atom. The second kappa shape index (κ2) is 6.19. The van der Waals surface area contributed by atoms with Crippen LogP contribution < -0.4 is 4.74 Å². The Balaban J connectivity index is 1.38. The van der Waals surface area contributed by atoms with Crippen molar-refractivity contribution in [3.63, 3.8) is 0 Å². The van der Waals surface area contributed by atoms with Crippen LogP contribution in [0.3, 0.4) is 0 Å². The zero-order valence-corrected chi connectivity index (χ0v) is 19.1. The van der Waals surface area contributed by atoms with E-state index in [2.05, 4.69) is 4.90 Å². The number of phenolic OH excluding ortho intramolecular Hbond substituents is 1. The lowest BCUT2D eigenvalue weighted by molar-refractivity contribution is -0.201. The number of imide groups is 1. The van der Waals surface area contributed by atoms with Crippen molar-refractivity contribution < 1.29 is 24.5 Å². The van der Waals surface area contributed by atoms with Crippen LogP contribution in [-0.4, -0.2) is 68.7 Å². The molecule has 7 rings (SSSR count). The first-order valence-corrected chi connectivity index (χ1v) is 12.3. The van der Waals surface area contributed by atoms with Crippen molar-refractivity contribution in [1.82, 2.24) is 9.80 Å². The van der Waals surface area contributed by atoms with Gasteiger partial charge in [0.15, 0.2) is 11.5 Å². The quantitative estimate of drug-likeness (QED) is 0.685. The predicted molar refractivity (Wildman–Crippen MR) is 119 cm³/mol. The molecule has 6 aliphatic rings. The molecule has 5 atom stereocenters. The Morgan fingerprint density at radius 3 is 2.52 bits per heavy atom. The number of phenols is 1. The van der Waals surface area contributed by atoms with Gasteiger partial charge in [0.2, 0.25) is 0 Å². The molecule has 1 saturated heterocycles. The molecule has 3 aliphatic carbocycles. The number of ether oxygens (including phenoxy) is 1. The zero-order valence-electron chi connectivity index (χ0n) is 19.1. The van der Waals surface area contributed by atoms with Gasteiger partial charge >= 0.3 is 0 Å². The molecule has 33 heavy (non-hydrogen) atoms. The smallest absolute Gasteiger partial charge is 0.257 e. The van der Waals surface area contributed by atoms with Crippen LogP contribution in [0.2, 0.25) is 0 Å². The van der Waals surface area contributed by atoms with E-state index >= 15 is 0 Å². The highest BCUT2D eigenvalue weighted by Crippen LogP contribution is 2.66. The third-order valence-corrected chi connectivity index (χ3v) is 9.70. The molecular weight excluding hydrogens is 420 g/mol. The molecule has 0 aromatic heterocycles. The molecule has 1 spiro atoms. The molecule has 3 fully saturated rings. The first-order chi connectivity index (χ1) is 15.8. The Hall–Kier alpha value is -2.38. The predicted octanol–water partition coefficient (Wildman–Crippen LogP) is 2.03. The average Bonchev–Trinajstić information content (AvgIpc) is 3.50. The van der Waals surface area contributed by atoms with Crippen molar-refractivity contribution in [3.8, 4) is 11.5 Å². The van der Waals surface area contributed by atoms with Crippen molar-refractivity contribution in [2.75, 3.05) is 13.1 Å². The summed E-state index contributed by atoms with van der Waals surface area (Å²) in [6, 6.07) is 3.17. The summed E-state index contributed by atoms with van der Waals surface area (Å²) < 4.78 is 6.50. The van der Waals surface area contributed by atoms with E-state index in [1.807, 2.05) is 6.07 Å². The number of likely N-dealkylation sites (tertiary alicyclic amines) is 1. The average molecular weight is 451 g/mol. The maximum atomic E-state index is 13.1. The van der Waals surface area contributed by atoms with Crippen molar-refractivity contribution in [3.05, 3.63) is 34.4 Å². The minimum Gasteiger partial charge on any atom is -0.504 e. The van der Waals surface area contributed by atoms with Crippen molar-refractivity contribution in [1.29, 1.82) is 0 Å². The van der Waals surface area contributed by atoms with Crippen LogP contribution in [0, 0.1) is 5.92 Å². The van der Waals surface area contributed by atoms with E-state index in [9.17, 15) is 19.8 Å². The number of aromatic hydroxyl groups is 1. The van der Waals surface area contributed by atoms with E-state index < -0.39 is 23.2 Å². The third kappa shape index (κ3) is 2.23. The molecule has 7 nitrogen and oxygen atoms in total. The maximum Gasteiger partial charge on any atom is 0.257 e. The van der Waals surface area contributed by atoms with Gasteiger partial charge in [0.1, 0.15) is 6.10 Å². The number of nitrogens with zero attached hydrogens (tertiary/aromatic N) is 2. The summed E-state index contributed by atoms with van der Waals surface area (Å²) in [7, 11) is 0. The van der Waals surface area contributed by atoms with Gasteiger partial charge in [-0.3, -0.25) is 19.4 Å².